The molecular weight excluding hydrogens is 553 g/mol. The molecule has 0 unspecified atom stereocenters. The van der Waals surface area contributed by atoms with E-state index in [1.54, 1.807) is 17.4 Å². The van der Waals surface area contributed by atoms with Gasteiger partial charge in [-0.2, -0.15) is 0 Å². The summed E-state index contributed by atoms with van der Waals surface area (Å²) in [7, 11) is -1.55. The van der Waals surface area contributed by atoms with Crippen LogP contribution in [0.1, 0.15) is 103 Å². The topological polar surface area (TPSA) is 65.0 Å². The number of carboxylic acids is 1. The van der Waals surface area contributed by atoms with E-state index in [-0.39, 0.29) is 10.1 Å². The number of hydrogen-bond donors (Lipinski definition) is 1. The molecule has 0 saturated heterocycles. The molecule has 0 amide bonds. The molecular formula is C32H50O5SSi2. The molecule has 222 valence electrons. The summed E-state index contributed by atoms with van der Waals surface area (Å²) in [5, 5.41) is 9.25. The van der Waals surface area contributed by atoms with Crippen LogP contribution in [0.5, 0.6) is 5.75 Å². The smallest absolute Gasteiger partial charge is 0.328 e. The molecule has 2 rings (SSSR count). The van der Waals surface area contributed by atoms with E-state index in [2.05, 4.69) is 100 Å². The lowest BCUT2D eigenvalue weighted by Gasteiger charge is -2.37. The van der Waals surface area contributed by atoms with Crippen molar-refractivity contribution in [2.24, 2.45) is 0 Å². The van der Waals surface area contributed by atoms with Gasteiger partial charge in [-0.1, -0.05) is 66.7 Å². The van der Waals surface area contributed by atoms with E-state index < -0.39 is 36.7 Å². The highest BCUT2D eigenvalue weighted by atomic mass is 32.1. The zero-order valence-corrected chi connectivity index (χ0v) is 30.1. The molecule has 5 nitrogen and oxygen atoms in total. The van der Waals surface area contributed by atoms with Crippen LogP contribution in [0.3, 0.4) is 0 Å². The van der Waals surface area contributed by atoms with Gasteiger partial charge in [0.1, 0.15) is 12.4 Å². The Balaban J connectivity index is 2.34. The van der Waals surface area contributed by atoms with Gasteiger partial charge in [0, 0.05) is 15.8 Å². The van der Waals surface area contributed by atoms with E-state index in [0.29, 0.717) is 6.61 Å². The molecule has 0 fully saturated rings. The monoisotopic (exact) mass is 602 g/mol. The van der Waals surface area contributed by atoms with Crippen LogP contribution in [-0.2, 0) is 31.5 Å². The highest BCUT2D eigenvalue weighted by Crippen LogP contribution is 2.40. The maximum Gasteiger partial charge on any atom is 0.328 e. The van der Waals surface area contributed by atoms with Crippen molar-refractivity contribution in [1.82, 2.24) is 0 Å². The van der Waals surface area contributed by atoms with Gasteiger partial charge in [0.2, 0.25) is 0 Å². The van der Waals surface area contributed by atoms with Crippen molar-refractivity contribution < 1.29 is 23.5 Å². The van der Waals surface area contributed by atoms with E-state index in [4.69, 9.17) is 18.7 Å². The van der Waals surface area contributed by atoms with Gasteiger partial charge in [0.05, 0.1) is 11.2 Å². The first-order valence-corrected chi connectivity index (χ1v) is 17.5. The summed E-state index contributed by atoms with van der Waals surface area (Å²) in [5.74, 6) is -0.139. The van der Waals surface area contributed by atoms with Crippen LogP contribution in [0.4, 0.5) is 0 Å². The van der Waals surface area contributed by atoms with E-state index in [1.807, 2.05) is 12.1 Å². The number of allylic oxidation sites excluding steroid dienone is 3. The van der Waals surface area contributed by atoms with Crippen LogP contribution in [0.2, 0.25) is 10.1 Å². The summed E-state index contributed by atoms with van der Waals surface area (Å²) in [6.07, 6.45) is 5.42. The van der Waals surface area contributed by atoms with Crippen molar-refractivity contribution in [2.45, 2.75) is 110 Å². The quantitative estimate of drug-likeness (QED) is 0.144. The predicted molar refractivity (Wildman–Crippen MR) is 175 cm³/mol. The minimum absolute atomic E-state index is 0.183. The number of carboxylic acid groups (broad SMARTS) is 1. The molecule has 0 aliphatic rings. The molecule has 1 heterocycles. The van der Waals surface area contributed by atoms with Crippen LogP contribution in [-0.4, -0.2) is 30.6 Å². The van der Waals surface area contributed by atoms with E-state index in [0.717, 1.165) is 44.7 Å². The zero-order chi connectivity index (χ0) is 30.4. The minimum atomic E-state index is -0.946. The molecule has 8 heteroatoms. The zero-order valence-electron chi connectivity index (χ0n) is 26.4. The van der Waals surface area contributed by atoms with Crippen molar-refractivity contribution in [3.05, 3.63) is 69.4 Å². The molecule has 0 aliphatic carbocycles. The fraction of sp³-hybridized carbons (Fsp3) is 0.531. The minimum Gasteiger partial charge on any atom is -0.488 e. The first-order valence-electron chi connectivity index (χ1n) is 14.1. The number of hydrogen-bond acceptors (Lipinski definition) is 5. The maximum atomic E-state index is 10.8. The third-order valence-electron chi connectivity index (χ3n) is 6.30. The number of thiophene rings is 1. The summed E-state index contributed by atoms with van der Waals surface area (Å²) in [5.41, 5.74) is 2.46. The number of ether oxygens (including phenoxy) is 1. The second-order valence-electron chi connectivity index (χ2n) is 13.7. The second-order valence-corrected chi connectivity index (χ2v) is 20.3. The molecule has 0 aliphatic heterocycles. The largest absolute Gasteiger partial charge is 0.488 e. The molecule has 1 aromatic heterocycles. The van der Waals surface area contributed by atoms with Crippen LogP contribution >= 0.6 is 11.3 Å². The Morgan fingerprint density at radius 1 is 0.875 bits per heavy atom. The fourth-order valence-electron chi connectivity index (χ4n) is 3.99. The third kappa shape index (κ3) is 11.1. The standard InChI is InChI=1S/C32H50O5SSi2/c1-12-22(14-13-15-28(33)34)27-19-17-24(38-27)21-35-23-16-18-25(31(8,9)36-39-29(2,3)4)26(20-23)32(10,11)37-40-30(5,6)7/h13-20H,12,21,39-40H2,1-11H3,(H,33,34). The van der Waals surface area contributed by atoms with Crippen molar-refractivity contribution in [3.8, 4) is 5.75 Å². The van der Waals surface area contributed by atoms with Gasteiger partial charge < -0.3 is 18.7 Å². The summed E-state index contributed by atoms with van der Waals surface area (Å²) < 4.78 is 19.6. The number of aliphatic carboxylic acids is 1. The van der Waals surface area contributed by atoms with Gasteiger partial charge in [-0.3, -0.25) is 0 Å². The predicted octanol–water partition coefficient (Wildman–Crippen LogP) is 7.87. The van der Waals surface area contributed by atoms with Crippen LogP contribution in [0, 0.1) is 0 Å². The molecule has 0 bridgehead atoms. The Labute approximate surface area is 250 Å². The lowest BCUT2D eigenvalue weighted by atomic mass is 9.85. The molecule has 0 radical (unpaired) electrons. The first kappa shape index (κ1) is 34.2. The average molecular weight is 603 g/mol. The third-order valence-corrected chi connectivity index (χ3v) is 10.9. The van der Waals surface area contributed by atoms with Gasteiger partial charge in [-0.05, 0) is 85.2 Å². The fourth-order valence-corrected chi connectivity index (χ4v) is 6.90. The van der Waals surface area contributed by atoms with Crippen LogP contribution in [0.15, 0.2) is 48.6 Å². The van der Waals surface area contributed by atoms with Gasteiger partial charge in [-0.25, -0.2) is 4.79 Å². The van der Waals surface area contributed by atoms with Crippen molar-refractivity contribution >= 4 is 42.4 Å². The van der Waals surface area contributed by atoms with E-state index >= 15 is 0 Å². The summed E-state index contributed by atoms with van der Waals surface area (Å²) >= 11 is 1.67. The highest BCUT2D eigenvalue weighted by Gasteiger charge is 2.34. The van der Waals surface area contributed by atoms with Crippen LogP contribution in [0.25, 0.3) is 5.57 Å². The Hall–Kier alpha value is -1.98. The van der Waals surface area contributed by atoms with Crippen molar-refractivity contribution in [3.63, 3.8) is 0 Å². The molecule has 0 spiro atoms. The first-order chi connectivity index (χ1) is 18.3. The highest BCUT2D eigenvalue weighted by molar-refractivity contribution is 7.13. The summed E-state index contributed by atoms with van der Waals surface area (Å²) in [4.78, 5) is 13.0. The maximum absolute atomic E-state index is 10.8. The molecule has 2 aromatic rings. The SMILES string of the molecule is CCC(=CC=CC(=O)O)c1ccc(COc2ccc(C(C)(C)O[SiH2]C(C)(C)C)c(C(C)(C)O[SiH2]C(C)(C)C)c2)s1. The lowest BCUT2D eigenvalue weighted by molar-refractivity contribution is -0.131. The van der Waals surface area contributed by atoms with Gasteiger partial charge >= 0.3 is 5.97 Å². The second kappa shape index (κ2) is 13.8. The lowest BCUT2D eigenvalue weighted by Crippen LogP contribution is -2.34. The van der Waals surface area contributed by atoms with E-state index in [9.17, 15) is 4.79 Å². The molecule has 1 aromatic carbocycles. The van der Waals surface area contributed by atoms with Crippen molar-refractivity contribution in [1.29, 1.82) is 0 Å². The Morgan fingerprint density at radius 3 is 1.98 bits per heavy atom. The number of rotatable bonds is 13. The molecule has 40 heavy (non-hydrogen) atoms. The Morgan fingerprint density at radius 2 is 1.45 bits per heavy atom. The normalized spacial score (nSPS) is 14.3. The Kier molecular flexibility index (Phi) is 11.8. The Bertz CT molecular complexity index is 1200. The number of benzene rings is 1. The van der Waals surface area contributed by atoms with Gasteiger partial charge in [0.25, 0.3) is 0 Å². The number of carbonyl (C=O) groups is 1. The molecule has 0 saturated carbocycles. The van der Waals surface area contributed by atoms with E-state index in [1.165, 1.54) is 0 Å². The van der Waals surface area contributed by atoms with Gasteiger partial charge in [0.15, 0.2) is 19.5 Å². The summed E-state index contributed by atoms with van der Waals surface area (Å²) in [6, 6.07) is 10.5. The van der Waals surface area contributed by atoms with Gasteiger partial charge in [-0.15, -0.1) is 11.3 Å². The van der Waals surface area contributed by atoms with Crippen LogP contribution < -0.4 is 4.74 Å². The summed E-state index contributed by atoms with van der Waals surface area (Å²) in [6.45, 7) is 24.7. The molecule has 0 atom stereocenters. The van der Waals surface area contributed by atoms with Crippen molar-refractivity contribution in [2.75, 3.05) is 0 Å². The molecule has 1 N–H and O–H groups in total. The average Bonchev–Trinajstić information content (AvgIpc) is 3.31.